The molecule has 6 heteroatoms. The van der Waals surface area contributed by atoms with Crippen LogP contribution >= 0.6 is 0 Å². The lowest BCUT2D eigenvalue weighted by atomic mass is 9.90. The number of piperidine rings is 1. The van der Waals surface area contributed by atoms with Crippen molar-refractivity contribution in [2.24, 2.45) is 5.92 Å². The summed E-state index contributed by atoms with van der Waals surface area (Å²) >= 11 is 0. The quantitative estimate of drug-likeness (QED) is 0.839. The molecule has 0 spiro atoms. The fourth-order valence-electron chi connectivity index (χ4n) is 3.73. The Morgan fingerprint density at radius 1 is 1.30 bits per heavy atom. The van der Waals surface area contributed by atoms with Crippen molar-refractivity contribution in [3.05, 3.63) is 0 Å². The number of halogens is 2. The van der Waals surface area contributed by atoms with Crippen molar-refractivity contribution in [3.8, 4) is 0 Å². The molecule has 1 N–H and O–H groups in total. The molecule has 3 fully saturated rings. The minimum Gasteiger partial charge on any atom is -0.383 e. The lowest BCUT2D eigenvalue weighted by molar-refractivity contribution is -0.202. The van der Waals surface area contributed by atoms with Crippen molar-refractivity contribution < 1.29 is 23.4 Å². The Labute approximate surface area is 117 Å². The van der Waals surface area contributed by atoms with Crippen molar-refractivity contribution in [1.29, 1.82) is 0 Å². The summed E-state index contributed by atoms with van der Waals surface area (Å²) in [5, 5.41) is 10.1. The topological polar surface area (TPSA) is 49.8 Å². The molecule has 1 aliphatic carbocycles. The van der Waals surface area contributed by atoms with Crippen molar-refractivity contribution >= 4 is 5.91 Å². The van der Waals surface area contributed by atoms with Gasteiger partial charge in [0.1, 0.15) is 5.60 Å². The number of carbonyl (C=O) groups excluding carboxylic acids is 1. The van der Waals surface area contributed by atoms with Gasteiger partial charge in [-0.2, -0.15) is 8.78 Å². The zero-order valence-corrected chi connectivity index (χ0v) is 11.5. The summed E-state index contributed by atoms with van der Waals surface area (Å²) in [6, 6.07) is 0. The van der Waals surface area contributed by atoms with Crippen LogP contribution in [-0.2, 0) is 9.53 Å². The van der Waals surface area contributed by atoms with Crippen LogP contribution < -0.4 is 0 Å². The van der Waals surface area contributed by atoms with Crippen molar-refractivity contribution in [1.82, 2.24) is 4.90 Å². The number of amides is 1. The van der Waals surface area contributed by atoms with E-state index in [1.807, 2.05) is 0 Å². The summed E-state index contributed by atoms with van der Waals surface area (Å²) in [6.07, 6.45) is 2.68. The Balaban J connectivity index is 1.71. The Morgan fingerprint density at radius 2 is 2.00 bits per heavy atom. The molecule has 2 aliphatic heterocycles. The molecule has 3 rings (SSSR count). The van der Waals surface area contributed by atoms with Gasteiger partial charge >= 0.3 is 5.92 Å². The van der Waals surface area contributed by atoms with Crippen LogP contribution in [0.3, 0.4) is 0 Å². The van der Waals surface area contributed by atoms with E-state index >= 15 is 0 Å². The van der Waals surface area contributed by atoms with Crippen molar-refractivity contribution in [3.63, 3.8) is 0 Å². The van der Waals surface area contributed by atoms with Crippen LogP contribution in [0.4, 0.5) is 8.78 Å². The number of nitrogens with zero attached hydrogens (tertiary/aromatic N) is 1. The highest BCUT2D eigenvalue weighted by atomic mass is 19.3. The summed E-state index contributed by atoms with van der Waals surface area (Å²) in [5.41, 5.74) is -2.15. The number of ether oxygens (including phenoxy) is 1. The minimum absolute atomic E-state index is 0.00868. The molecule has 2 atom stereocenters. The first-order valence-corrected chi connectivity index (χ1v) is 7.45. The molecule has 0 bridgehead atoms. The molecular formula is C14H21F2NO3. The maximum absolute atomic E-state index is 14.4. The standard InChI is InChI=1S/C14H21F2NO3/c15-14(16,13(19)5-1-2-6-13)12(18)17-7-3-11-10(9-17)4-8-20-11/h10-11,19H,1-9H2/t10-,11+/m0/s1. The van der Waals surface area contributed by atoms with Gasteiger partial charge < -0.3 is 14.7 Å². The Kier molecular flexibility index (Phi) is 3.49. The summed E-state index contributed by atoms with van der Waals surface area (Å²) in [7, 11) is 0. The maximum atomic E-state index is 14.4. The zero-order valence-electron chi connectivity index (χ0n) is 11.5. The number of likely N-dealkylation sites (tertiary alicyclic amines) is 1. The van der Waals surface area contributed by atoms with Crippen LogP contribution in [0.5, 0.6) is 0 Å². The van der Waals surface area contributed by atoms with Crippen LogP contribution in [0.25, 0.3) is 0 Å². The Morgan fingerprint density at radius 3 is 2.70 bits per heavy atom. The molecule has 0 unspecified atom stereocenters. The van der Waals surface area contributed by atoms with Crippen LogP contribution in [-0.4, -0.2) is 53.2 Å². The molecule has 3 aliphatic rings. The summed E-state index contributed by atoms with van der Waals surface area (Å²) in [4.78, 5) is 13.4. The summed E-state index contributed by atoms with van der Waals surface area (Å²) in [6.45, 7) is 1.28. The predicted molar refractivity (Wildman–Crippen MR) is 67.4 cm³/mol. The molecule has 0 aromatic rings. The Hall–Kier alpha value is -0.750. The molecule has 0 aromatic carbocycles. The second-order valence-corrected chi connectivity index (χ2v) is 6.31. The summed E-state index contributed by atoms with van der Waals surface area (Å²) in [5.74, 6) is -4.70. The average molecular weight is 289 g/mol. The lowest BCUT2D eigenvalue weighted by Crippen LogP contribution is -2.59. The molecule has 1 saturated carbocycles. The monoisotopic (exact) mass is 289 g/mol. The van der Waals surface area contributed by atoms with Gasteiger partial charge in [0, 0.05) is 25.6 Å². The second-order valence-electron chi connectivity index (χ2n) is 6.31. The SMILES string of the molecule is O=C(N1CC[C@H]2OCC[C@H]2C1)C(F)(F)C1(O)CCCC1. The molecule has 20 heavy (non-hydrogen) atoms. The van der Waals surface area contributed by atoms with Crippen LogP contribution in [0.15, 0.2) is 0 Å². The molecular weight excluding hydrogens is 268 g/mol. The number of fused-ring (bicyclic) bond motifs is 1. The van der Waals surface area contributed by atoms with Crippen LogP contribution in [0.2, 0.25) is 0 Å². The van der Waals surface area contributed by atoms with E-state index in [-0.39, 0.29) is 24.9 Å². The van der Waals surface area contributed by atoms with Crippen molar-refractivity contribution in [2.45, 2.75) is 56.2 Å². The third kappa shape index (κ3) is 2.13. The molecule has 0 aromatic heterocycles. The van der Waals surface area contributed by atoms with Crippen molar-refractivity contribution in [2.75, 3.05) is 19.7 Å². The first kappa shape index (κ1) is 14.2. The number of carbonyl (C=O) groups is 1. The second kappa shape index (κ2) is 4.91. The van der Waals surface area contributed by atoms with Gasteiger partial charge in [-0.15, -0.1) is 0 Å². The third-order valence-corrected chi connectivity index (χ3v) is 5.06. The highest BCUT2D eigenvalue weighted by Crippen LogP contribution is 2.43. The zero-order chi connectivity index (χ0) is 14.4. The first-order chi connectivity index (χ1) is 9.44. The van der Waals surface area contributed by atoms with E-state index in [2.05, 4.69) is 0 Å². The minimum atomic E-state index is -3.67. The van der Waals surface area contributed by atoms with E-state index in [1.54, 1.807) is 0 Å². The van der Waals surface area contributed by atoms with E-state index in [1.165, 1.54) is 4.90 Å². The fourth-order valence-corrected chi connectivity index (χ4v) is 3.73. The van der Waals surface area contributed by atoms with Gasteiger partial charge in [-0.3, -0.25) is 4.79 Å². The van der Waals surface area contributed by atoms with Gasteiger partial charge in [-0.25, -0.2) is 0 Å². The molecule has 1 amide bonds. The maximum Gasteiger partial charge on any atom is 0.352 e. The highest BCUT2D eigenvalue weighted by molar-refractivity contribution is 5.85. The number of rotatable bonds is 2. The predicted octanol–water partition coefficient (Wildman–Crippen LogP) is 1.56. The van der Waals surface area contributed by atoms with Gasteiger partial charge in [-0.05, 0) is 25.7 Å². The molecule has 2 heterocycles. The summed E-state index contributed by atoms with van der Waals surface area (Å²) < 4.78 is 34.2. The van der Waals surface area contributed by atoms with Gasteiger partial charge in [0.2, 0.25) is 0 Å². The van der Waals surface area contributed by atoms with Gasteiger partial charge in [0.25, 0.3) is 5.91 Å². The molecule has 114 valence electrons. The number of hydrogen-bond donors (Lipinski definition) is 1. The molecule has 0 radical (unpaired) electrons. The number of hydrogen-bond acceptors (Lipinski definition) is 3. The molecule has 2 saturated heterocycles. The van der Waals surface area contributed by atoms with Gasteiger partial charge in [0.15, 0.2) is 0 Å². The smallest absolute Gasteiger partial charge is 0.352 e. The highest BCUT2D eigenvalue weighted by Gasteiger charge is 2.60. The van der Waals surface area contributed by atoms with Gasteiger partial charge in [0.05, 0.1) is 6.10 Å². The van der Waals surface area contributed by atoms with E-state index < -0.39 is 17.4 Å². The number of aliphatic hydroxyl groups is 1. The number of alkyl halides is 2. The largest absolute Gasteiger partial charge is 0.383 e. The van der Waals surface area contributed by atoms with E-state index in [4.69, 9.17) is 4.74 Å². The average Bonchev–Trinajstić information content (AvgIpc) is 3.06. The fraction of sp³-hybridized carbons (Fsp3) is 0.929. The van der Waals surface area contributed by atoms with Gasteiger partial charge in [-0.1, -0.05) is 12.8 Å². The van der Waals surface area contributed by atoms with Crippen LogP contribution in [0, 0.1) is 5.92 Å². The lowest BCUT2D eigenvalue weighted by Gasteiger charge is -2.39. The van der Waals surface area contributed by atoms with Crippen LogP contribution in [0.1, 0.15) is 38.5 Å². The van der Waals surface area contributed by atoms with E-state index in [0.717, 1.165) is 6.42 Å². The van der Waals surface area contributed by atoms with E-state index in [9.17, 15) is 18.7 Å². The normalized spacial score (nSPS) is 33.2. The van der Waals surface area contributed by atoms with E-state index in [0.29, 0.717) is 39.0 Å². The Bertz CT molecular complexity index is 396. The molecule has 4 nitrogen and oxygen atoms in total. The first-order valence-electron chi connectivity index (χ1n) is 7.45. The third-order valence-electron chi connectivity index (χ3n) is 5.06.